The Kier molecular flexibility index (Phi) is 7.76. The molecule has 0 aliphatic rings. The van der Waals surface area contributed by atoms with Crippen molar-refractivity contribution in [2.75, 3.05) is 13.2 Å². The minimum atomic E-state index is -4.14. The standard InChI is InChI=1S/C21H29FN2O5S/c1-5-18(24(11-6-7-12-25)20(26)29-21(2,3)4)30(27,28)17-10-8-9-15-13-23-14-16(22)19(15)17/h8-10,13-14,18,25H,5-7,11-12H2,1-4H3. The first kappa shape index (κ1) is 24.0. The topological polar surface area (TPSA) is 96.8 Å². The van der Waals surface area contributed by atoms with Gasteiger partial charge < -0.3 is 9.84 Å². The van der Waals surface area contributed by atoms with Crippen LogP contribution in [-0.4, -0.2) is 53.6 Å². The van der Waals surface area contributed by atoms with Crippen molar-refractivity contribution in [3.8, 4) is 0 Å². The number of sulfone groups is 1. The van der Waals surface area contributed by atoms with E-state index in [-0.39, 0.29) is 29.9 Å². The third-order valence-electron chi connectivity index (χ3n) is 4.50. The van der Waals surface area contributed by atoms with E-state index >= 15 is 0 Å². The first-order chi connectivity index (χ1) is 14.0. The zero-order chi connectivity index (χ0) is 22.5. The van der Waals surface area contributed by atoms with Gasteiger partial charge >= 0.3 is 6.09 Å². The predicted molar refractivity (Wildman–Crippen MR) is 112 cm³/mol. The Hall–Kier alpha value is -2.26. The number of carbonyl (C=O) groups excluding carboxylic acids is 1. The normalized spacial score (nSPS) is 13.3. The third kappa shape index (κ3) is 5.46. The van der Waals surface area contributed by atoms with Crippen LogP contribution in [0.25, 0.3) is 10.8 Å². The van der Waals surface area contributed by atoms with E-state index in [1.54, 1.807) is 33.8 Å². The highest BCUT2D eigenvalue weighted by Gasteiger charge is 2.37. The highest BCUT2D eigenvalue weighted by atomic mass is 32.2. The van der Waals surface area contributed by atoms with Crippen molar-refractivity contribution in [3.05, 3.63) is 36.4 Å². The number of ether oxygens (including phenoxy) is 1. The maximum Gasteiger partial charge on any atom is 0.411 e. The predicted octanol–water partition coefficient (Wildman–Crippen LogP) is 3.89. The molecule has 0 radical (unpaired) electrons. The number of carbonyl (C=O) groups is 1. The lowest BCUT2D eigenvalue weighted by molar-refractivity contribution is 0.0212. The molecule has 1 N–H and O–H groups in total. The Morgan fingerprint density at radius 3 is 2.57 bits per heavy atom. The molecule has 9 heteroatoms. The van der Waals surface area contributed by atoms with Gasteiger partial charge in [-0.25, -0.2) is 17.6 Å². The molecule has 166 valence electrons. The van der Waals surface area contributed by atoms with E-state index in [1.807, 2.05) is 0 Å². The van der Waals surface area contributed by atoms with Crippen molar-refractivity contribution in [3.63, 3.8) is 0 Å². The van der Waals surface area contributed by atoms with Crippen LogP contribution in [0.3, 0.4) is 0 Å². The molecule has 0 fully saturated rings. The molecule has 0 bridgehead atoms. The van der Waals surface area contributed by atoms with Crippen molar-refractivity contribution >= 4 is 26.7 Å². The lowest BCUT2D eigenvalue weighted by Gasteiger charge is -2.33. The smallest absolute Gasteiger partial charge is 0.411 e. The van der Waals surface area contributed by atoms with Crippen LogP contribution in [0.4, 0.5) is 9.18 Å². The molecule has 2 aromatic rings. The highest BCUT2D eigenvalue weighted by molar-refractivity contribution is 7.92. The van der Waals surface area contributed by atoms with Gasteiger partial charge in [0, 0.05) is 30.1 Å². The first-order valence-corrected chi connectivity index (χ1v) is 11.4. The molecule has 0 aliphatic carbocycles. The maximum absolute atomic E-state index is 14.5. The number of hydrogen-bond acceptors (Lipinski definition) is 6. The van der Waals surface area contributed by atoms with E-state index in [0.29, 0.717) is 18.2 Å². The van der Waals surface area contributed by atoms with Crippen LogP contribution in [0.1, 0.15) is 47.0 Å². The first-order valence-electron chi connectivity index (χ1n) is 9.89. The average molecular weight is 441 g/mol. The Morgan fingerprint density at radius 2 is 1.97 bits per heavy atom. The second kappa shape index (κ2) is 9.70. The summed E-state index contributed by atoms with van der Waals surface area (Å²) < 4.78 is 47.1. The van der Waals surface area contributed by atoms with Gasteiger partial charge in [-0.1, -0.05) is 19.1 Å². The molecule has 1 aromatic carbocycles. The van der Waals surface area contributed by atoms with E-state index in [2.05, 4.69) is 4.98 Å². The van der Waals surface area contributed by atoms with Crippen molar-refractivity contribution in [1.29, 1.82) is 0 Å². The zero-order valence-corrected chi connectivity index (χ0v) is 18.6. The van der Waals surface area contributed by atoms with Gasteiger partial charge in [0.2, 0.25) is 0 Å². The summed E-state index contributed by atoms with van der Waals surface area (Å²) in [7, 11) is -4.14. The minimum absolute atomic E-state index is 0.0505. The number of halogens is 1. The fourth-order valence-corrected chi connectivity index (χ4v) is 5.24. The molecule has 0 aliphatic heterocycles. The molecule has 0 saturated carbocycles. The van der Waals surface area contributed by atoms with Crippen LogP contribution in [0.15, 0.2) is 35.5 Å². The maximum atomic E-state index is 14.5. The molecule has 1 amide bonds. The van der Waals surface area contributed by atoms with Gasteiger partial charge in [-0.2, -0.15) is 0 Å². The Morgan fingerprint density at radius 1 is 1.27 bits per heavy atom. The van der Waals surface area contributed by atoms with Gasteiger partial charge in [0.1, 0.15) is 11.0 Å². The monoisotopic (exact) mass is 440 g/mol. The molecular weight excluding hydrogens is 411 g/mol. The number of unbranched alkanes of at least 4 members (excludes halogenated alkanes) is 1. The number of aliphatic hydroxyl groups is 1. The van der Waals surface area contributed by atoms with Gasteiger partial charge in [0.05, 0.1) is 11.1 Å². The van der Waals surface area contributed by atoms with Crippen LogP contribution in [0, 0.1) is 5.82 Å². The highest BCUT2D eigenvalue weighted by Crippen LogP contribution is 2.30. The summed E-state index contributed by atoms with van der Waals surface area (Å²) in [6.07, 6.45) is 2.49. The summed E-state index contributed by atoms with van der Waals surface area (Å²) in [5, 5.41) is 8.15. The molecule has 1 heterocycles. The Labute approximate surface area is 176 Å². The zero-order valence-electron chi connectivity index (χ0n) is 17.8. The molecule has 1 atom stereocenters. The second-order valence-corrected chi connectivity index (χ2v) is 10.1. The van der Waals surface area contributed by atoms with Crippen molar-refractivity contribution < 1.29 is 27.4 Å². The molecular formula is C21H29FN2O5S. The molecule has 1 unspecified atom stereocenters. The molecule has 2 rings (SSSR count). The number of rotatable bonds is 8. The number of benzene rings is 1. The van der Waals surface area contributed by atoms with E-state index in [1.165, 1.54) is 18.3 Å². The molecule has 0 saturated heterocycles. The van der Waals surface area contributed by atoms with E-state index in [4.69, 9.17) is 9.84 Å². The van der Waals surface area contributed by atoms with Crippen molar-refractivity contribution in [1.82, 2.24) is 9.88 Å². The number of nitrogens with zero attached hydrogens (tertiary/aromatic N) is 2. The largest absolute Gasteiger partial charge is 0.444 e. The number of aliphatic hydroxyl groups excluding tert-OH is 1. The van der Waals surface area contributed by atoms with E-state index < -0.39 is 32.7 Å². The van der Waals surface area contributed by atoms with Gasteiger partial charge in [0.15, 0.2) is 15.7 Å². The number of aromatic nitrogens is 1. The van der Waals surface area contributed by atoms with Crippen LogP contribution >= 0.6 is 0 Å². The molecule has 30 heavy (non-hydrogen) atoms. The summed E-state index contributed by atoms with van der Waals surface area (Å²) in [5.74, 6) is -0.745. The van der Waals surface area contributed by atoms with Crippen LogP contribution < -0.4 is 0 Å². The summed E-state index contributed by atoms with van der Waals surface area (Å²) in [4.78, 5) is 17.6. The lowest BCUT2D eigenvalue weighted by atomic mass is 10.2. The van der Waals surface area contributed by atoms with E-state index in [9.17, 15) is 17.6 Å². The second-order valence-electron chi connectivity index (χ2n) is 7.99. The van der Waals surface area contributed by atoms with Gasteiger partial charge in [-0.3, -0.25) is 9.88 Å². The van der Waals surface area contributed by atoms with Gasteiger partial charge in [0.25, 0.3) is 0 Å². The minimum Gasteiger partial charge on any atom is -0.444 e. The summed E-state index contributed by atoms with van der Waals surface area (Å²) in [6, 6.07) is 4.44. The molecule has 0 spiro atoms. The third-order valence-corrected chi connectivity index (χ3v) is 6.75. The Balaban J connectivity index is 2.55. The van der Waals surface area contributed by atoms with Crippen LogP contribution in [-0.2, 0) is 14.6 Å². The SMILES string of the molecule is CCC(N(CCCCO)C(=O)OC(C)(C)C)S(=O)(=O)c1cccc2cncc(F)c12. The summed E-state index contributed by atoms with van der Waals surface area (Å²) in [6.45, 7) is 6.74. The molecule has 1 aromatic heterocycles. The fourth-order valence-electron chi connectivity index (χ4n) is 3.22. The number of hydrogen-bond donors (Lipinski definition) is 1. The Bertz CT molecular complexity index is 983. The fraction of sp³-hybridized carbons (Fsp3) is 0.524. The van der Waals surface area contributed by atoms with Gasteiger partial charge in [-0.05, 0) is 46.1 Å². The number of amides is 1. The van der Waals surface area contributed by atoms with Gasteiger partial charge in [-0.15, -0.1) is 0 Å². The van der Waals surface area contributed by atoms with Crippen LogP contribution in [0.2, 0.25) is 0 Å². The summed E-state index contributed by atoms with van der Waals surface area (Å²) in [5.41, 5.74) is -0.814. The van der Waals surface area contributed by atoms with Crippen molar-refractivity contribution in [2.24, 2.45) is 0 Å². The molecule has 7 nitrogen and oxygen atoms in total. The lowest BCUT2D eigenvalue weighted by Crippen LogP contribution is -2.47. The number of pyridine rings is 1. The number of fused-ring (bicyclic) bond motifs is 1. The summed E-state index contributed by atoms with van der Waals surface area (Å²) >= 11 is 0. The van der Waals surface area contributed by atoms with Crippen LogP contribution in [0.5, 0.6) is 0 Å². The quantitative estimate of drug-likeness (QED) is 0.626. The van der Waals surface area contributed by atoms with Crippen molar-refractivity contribution in [2.45, 2.75) is 62.8 Å². The average Bonchev–Trinajstić information content (AvgIpc) is 2.65. The van der Waals surface area contributed by atoms with E-state index in [0.717, 1.165) is 11.1 Å².